The number of anilines is 2. The van der Waals surface area contributed by atoms with Gasteiger partial charge in [-0.2, -0.15) is 5.26 Å². The van der Waals surface area contributed by atoms with E-state index in [2.05, 4.69) is 10.6 Å². The van der Waals surface area contributed by atoms with Gasteiger partial charge in [0.2, 0.25) is 5.91 Å². The number of carbonyl (C=O) groups is 1. The van der Waals surface area contributed by atoms with Crippen LogP contribution in [0.15, 0.2) is 48.5 Å². The number of carbonyl (C=O) groups excluding carboxylic acids is 1. The van der Waals surface area contributed by atoms with Crippen molar-refractivity contribution in [1.82, 2.24) is 0 Å². The zero-order chi connectivity index (χ0) is 15.2. The number of nitrogens with zero attached hydrogens (tertiary/aromatic N) is 1. The molecule has 0 aliphatic carbocycles. The van der Waals surface area contributed by atoms with Crippen LogP contribution in [0.5, 0.6) is 0 Å². The topological polar surface area (TPSA) is 64.9 Å². The number of hydrogen-bond acceptors (Lipinski definition) is 3. The minimum Gasteiger partial charge on any atom is -0.374 e. The van der Waals surface area contributed by atoms with E-state index in [0.29, 0.717) is 16.3 Å². The average Bonchev–Trinajstić information content (AvgIpc) is 2.48. The van der Waals surface area contributed by atoms with E-state index in [4.69, 9.17) is 16.9 Å². The molecule has 21 heavy (non-hydrogen) atoms. The van der Waals surface area contributed by atoms with E-state index < -0.39 is 6.04 Å². The van der Waals surface area contributed by atoms with Gasteiger partial charge in [0.25, 0.3) is 0 Å². The number of nitriles is 1. The van der Waals surface area contributed by atoms with Gasteiger partial charge in [0.1, 0.15) is 12.1 Å². The number of rotatable bonds is 4. The molecule has 0 saturated carbocycles. The maximum absolute atomic E-state index is 12.1. The minimum atomic E-state index is -0.436. The van der Waals surface area contributed by atoms with Crippen LogP contribution in [0.3, 0.4) is 0 Å². The molecule has 0 aliphatic heterocycles. The molecule has 106 valence electrons. The Balaban J connectivity index is 2.01. The third kappa shape index (κ3) is 3.98. The predicted molar refractivity (Wildman–Crippen MR) is 84.3 cm³/mol. The number of para-hydroxylation sites is 1. The summed E-state index contributed by atoms with van der Waals surface area (Å²) >= 11 is 5.96. The van der Waals surface area contributed by atoms with Crippen molar-refractivity contribution in [2.45, 2.75) is 13.0 Å². The van der Waals surface area contributed by atoms with Gasteiger partial charge < -0.3 is 10.6 Å². The molecule has 0 heterocycles. The quantitative estimate of drug-likeness (QED) is 0.905. The van der Waals surface area contributed by atoms with Crippen molar-refractivity contribution in [3.05, 3.63) is 59.1 Å². The molecule has 0 aromatic heterocycles. The Labute approximate surface area is 128 Å². The molecule has 2 rings (SSSR count). The van der Waals surface area contributed by atoms with Gasteiger partial charge >= 0.3 is 0 Å². The normalized spacial score (nSPS) is 11.3. The van der Waals surface area contributed by atoms with Gasteiger partial charge in [0, 0.05) is 11.4 Å². The highest BCUT2D eigenvalue weighted by atomic mass is 35.5. The zero-order valence-corrected chi connectivity index (χ0v) is 12.2. The van der Waals surface area contributed by atoms with Crippen LogP contribution in [0.25, 0.3) is 0 Å². The van der Waals surface area contributed by atoms with E-state index in [1.165, 1.54) is 0 Å². The maximum Gasteiger partial charge on any atom is 0.246 e. The summed E-state index contributed by atoms with van der Waals surface area (Å²) < 4.78 is 0. The van der Waals surface area contributed by atoms with E-state index in [0.717, 1.165) is 5.69 Å². The van der Waals surface area contributed by atoms with Crippen molar-refractivity contribution < 1.29 is 4.79 Å². The van der Waals surface area contributed by atoms with Gasteiger partial charge in [0.05, 0.1) is 10.6 Å². The SMILES string of the molecule is CC(Nc1ccc(C#N)c(Cl)c1)C(=O)Nc1ccccc1. The summed E-state index contributed by atoms with van der Waals surface area (Å²) in [6.45, 7) is 1.75. The lowest BCUT2D eigenvalue weighted by atomic mass is 10.2. The number of hydrogen-bond donors (Lipinski definition) is 2. The molecule has 0 aliphatic rings. The Morgan fingerprint density at radius 3 is 2.52 bits per heavy atom. The molecule has 0 radical (unpaired) electrons. The molecule has 2 aromatic rings. The lowest BCUT2D eigenvalue weighted by molar-refractivity contribution is -0.116. The predicted octanol–water partition coefficient (Wildman–Crippen LogP) is 3.65. The third-order valence-electron chi connectivity index (χ3n) is 2.91. The lowest BCUT2D eigenvalue weighted by Crippen LogP contribution is -2.31. The molecule has 0 spiro atoms. The van der Waals surface area contributed by atoms with Crippen molar-refractivity contribution in [1.29, 1.82) is 5.26 Å². The van der Waals surface area contributed by atoms with E-state index in [1.54, 1.807) is 25.1 Å². The van der Waals surface area contributed by atoms with Crippen LogP contribution in [0.1, 0.15) is 12.5 Å². The molecule has 1 unspecified atom stereocenters. The van der Waals surface area contributed by atoms with Crippen LogP contribution >= 0.6 is 11.6 Å². The van der Waals surface area contributed by atoms with Crippen LogP contribution in [0.2, 0.25) is 5.02 Å². The maximum atomic E-state index is 12.1. The van der Waals surface area contributed by atoms with Crippen molar-refractivity contribution >= 4 is 28.9 Å². The van der Waals surface area contributed by atoms with E-state index in [9.17, 15) is 4.79 Å². The summed E-state index contributed by atoms with van der Waals surface area (Å²) in [5.41, 5.74) is 1.84. The molecule has 5 heteroatoms. The molecular weight excluding hydrogens is 286 g/mol. The van der Waals surface area contributed by atoms with Crippen LogP contribution in [-0.4, -0.2) is 11.9 Å². The van der Waals surface area contributed by atoms with E-state index in [-0.39, 0.29) is 5.91 Å². The van der Waals surface area contributed by atoms with Crippen LogP contribution in [0, 0.1) is 11.3 Å². The van der Waals surface area contributed by atoms with Crippen molar-refractivity contribution in [2.24, 2.45) is 0 Å². The van der Waals surface area contributed by atoms with Crippen LogP contribution < -0.4 is 10.6 Å². The standard InChI is InChI=1S/C16H14ClN3O/c1-11(16(21)20-13-5-3-2-4-6-13)19-14-8-7-12(10-18)15(17)9-14/h2-9,11,19H,1H3,(H,20,21). The molecule has 1 atom stereocenters. The van der Waals surface area contributed by atoms with Gasteiger partial charge in [-0.25, -0.2) is 0 Å². The smallest absolute Gasteiger partial charge is 0.246 e. The Bertz CT molecular complexity index is 680. The van der Waals surface area contributed by atoms with Gasteiger partial charge in [-0.05, 0) is 37.3 Å². The summed E-state index contributed by atoms with van der Waals surface area (Å²) in [5.74, 6) is -0.151. The van der Waals surface area contributed by atoms with E-state index in [1.807, 2.05) is 36.4 Å². The molecule has 1 amide bonds. The monoisotopic (exact) mass is 299 g/mol. The second-order valence-electron chi connectivity index (χ2n) is 4.53. The number of halogens is 1. The summed E-state index contributed by atoms with van der Waals surface area (Å²) in [7, 11) is 0. The van der Waals surface area contributed by atoms with Gasteiger partial charge in [-0.1, -0.05) is 29.8 Å². The molecular formula is C16H14ClN3O. The molecule has 2 N–H and O–H groups in total. The molecule has 0 fully saturated rings. The number of amides is 1. The fourth-order valence-corrected chi connectivity index (χ4v) is 2.01. The van der Waals surface area contributed by atoms with Crippen LogP contribution in [0.4, 0.5) is 11.4 Å². The molecule has 0 saturated heterocycles. The molecule has 2 aromatic carbocycles. The van der Waals surface area contributed by atoms with Gasteiger partial charge in [-0.3, -0.25) is 4.79 Å². The lowest BCUT2D eigenvalue weighted by Gasteiger charge is -2.15. The van der Waals surface area contributed by atoms with Crippen molar-refractivity contribution in [3.8, 4) is 6.07 Å². The van der Waals surface area contributed by atoms with Gasteiger partial charge in [-0.15, -0.1) is 0 Å². The highest BCUT2D eigenvalue weighted by Crippen LogP contribution is 2.20. The summed E-state index contributed by atoms with van der Waals surface area (Å²) in [4.78, 5) is 12.1. The first-order valence-electron chi connectivity index (χ1n) is 6.42. The Hall–Kier alpha value is -2.51. The largest absolute Gasteiger partial charge is 0.374 e. The second kappa shape index (κ2) is 6.78. The zero-order valence-electron chi connectivity index (χ0n) is 11.4. The summed E-state index contributed by atoms with van der Waals surface area (Å²) in [5, 5.41) is 15.0. The minimum absolute atomic E-state index is 0.151. The fourth-order valence-electron chi connectivity index (χ4n) is 1.78. The first-order chi connectivity index (χ1) is 10.1. The second-order valence-corrected chi connectivity index (χ2v) is 4.93. The van der Waals surface area contributed by atoms with Crippen LogP contribution in [-0.2, 0) is 4.79 Å². The highest BCUT2D eigenvalue weighted by molar-refractivity contribution is 6.32. The Kier molecular flexibility index (Phi) is 4.81. The molecule has 4 nitrogen and oxygen atoms in total. The van der Waals surface area contributed by atoms with Crippen molar-refractivity contribution in [2.75, 3.05) is 10.6 Å². The Morgan fingerprint density at radius 1 is 1.19 bits per heavy atom. The highest BCUT2D eigenvalue weighted by Gasteiger charge is 2.13. The van der Waals surface area contributed by atoms with E-state index >= 15 is 0 Å². The summed E-state index contributed by atoms with van der Waals surface area (Å²) in [6.07, 6.45) is 0. The number of benzene rings is 2. The third-order valence-corrected chi connectivity index (χ3v) is 3.22. The molecule has 0 bridgehead atoms. The average molecular weight is 300 g/mol. The fraction of sp³-hybridized carbons (Fsp3) is 0.125. The number of nitrogens with one attached hydrogen (secondary N) is 2. The van der Waals surface area contributed by atoms with Crippen molar-refractivity contribution in [3.63, 3.8) is 0 Å². The summed E-state index contributed by atoms with van der Waals surface area (Å²) in [6, 6.07) is 15.8. The first-order valence-corrected chi connectivity index (χ1v) is 6.80. The van der Waals surface area contributed by atoms with Gasteiger partial charge in [0.15, 0.2) is 0 Å². The first kappa shape index (κ1) is 14.9. The Morgan fingerprint density at radius 2 is 1.90 bits per heavy atom.